The Morgan fingerprint density at radius 2 is 2.10 bits per heavy atom. The van der Waals surface area contributed by atoms with Crippen LogP contribution in [0.2, 0.25) is 0 Å². The first kappa shape index (κ1) is 12.6. The lowest BCUT2D eigenvalue weighted by Gasteiger charge is -2.13. The van der Waals surface area contributed by atoms with E-state index in [1.54, 1.807) is 0 Å². The van der Waals surface area contributed by atoms with Crippen molar-refractivity contribution in [3.8, 4) is 6.07 Å². The first-order valence-corrected chi connectivity index (χ1v) is 8.04. The van der Waals surface area contributed by atoms with E-state index in [1.165, 1.54) is 15.8 Å². The molecule has 4 rings (SSSR count). The predicted octanol–water partition coefficient (Wildman–Crippen LogP) is 4.40. The molecule has 0 amide bonds. The second-order valence-corrected chi connectivity index (χ2v) is 6.46. The molecule has 0 bridgehead atoms. The van der Waals surface area contributed by atoms with Crippen LogP contribution in [-0.4, -0.2) is 10.3 Å². The lowest BCUT2D eigenvalue weighted by atomic mass is 10.0. The molecule has 1 aliphatic rings. The number of nitrogens with zero attached hydrogens (tertiary/aromatic N) is 2. The number of rotatable bonds is 2. The van der Waals surface area contributed by atoms with E-state index in [9.17, 15) is 0 Å². The van der Waals surface area contributed by atoms with Crippen molar-refractivity contribution in [2.75, 3.05) is 5.75 Å². The minimum Gasteiger partial charge on any atom is -0.347 e. The zero-order chi connectivity index (χ0) is 14.2. The summed E-state index contributed by atoms with van der Waals surface area (Å²) in [4.78, 5) is 1.41. The Balaban J connectivity index is 1.71. The van der Waals surface area contributed by atoms with Gasteiger partial charge in [0.1, 0.15) is 0 Å². The van der Waals surface area contributed by atoms with Gasteiger partial charge in [0.15, 0.2) is 0 Å². The lowest BCUT2D eigenvalue weighted by molar-refractivity contribution is 0.623. The third-order valence-electron chi connectivity index (χ3n) is 4.12. The van der Waals surface area contributed by atoms with E-state index in [0.717, 1.165) is 23.4 Å². The Morgan fingerprint density at radius 1 is 1.19 bits per heavy atom. The Bertz CT molecular complexity index is 857. The van der Waals surface area contributed by atoms with E-state index >= 15 is 0 Å². The third-order valence-corrected chi connectivity index (χ3v) is 5.37. The maximum absolute atomic E-state index is 9.08. The van der Waals surface area contributed by atoms with Crippen molar-refractivity contribution in [3.63, 3.8) is 0 Å². The quantitative estimate of drug-likeness (QED) is 0.699. The molecule has 1 aliphatic heterocycles. The Hall–Kier alpha value is -2.18. The summed E-state index contributed by atoms with van der Waals surface area (Å²) in [6.45, 7) is 0.975. The fourth-order valence-corrected chi connectivity index (χ4v) is 4.27. The summed E-state index contributed by atoms with van der Waals surface area (Å²) in [7, 11) is 0. The summed E-state index contributed by atoms with van der Waals surface area (Å²) >= 11 is 1.95. The average molecular weight is 290 g/mol. The Morgan fingerprint density at radius 3 is 3.00 bits per heavy atom. The number of nitriles is 1. The maximum Gasteiger partial charge on any atom is 0.0992 e. The second-order valence-electron chi connectivity index (χ2n) is 5.40. The molecule has 0 saturated carbocycles. The van der Waals surface area contributed by atoms with Gasteiger partial charge in [-0.3, -0.25) is 0 Å². The lowest BCUT2D eigenvalue weighted by Crippen LogP contribution is -2.07. The topological polar surface area (TPSA) is 28.7 Å². The second kappa shape index (κ2) is 4.98. The van der Waals surface area contributed by atoms with E-state index in [-0.39, 0.29) is 0 Å². The highest BCUT2D eigenvalue weighted by atomic mass is 32.2. The Kier molecular flexibility index (Phi) is 2.98. The molecular weight excluding hydrogens is 276 g/mol. The van der Waals surface area contributed by atoms with E-state index in [4.69, 9.17) is 5.26 Å². The molecule has 2 aromatic carbocycles. The summed E-state index contributed by atoms with van der Waals surface area (Å²) in [5.41, 5.74) is 3.34. The minimum atomic E-state index is 0.549. The summed E-state index contributed by atoms with van der Waals surface area (Å²) in [6, 6.07) is 18.9. The van der Waals surface area contributed by atoms with Crippen LogP contribution >= 0.6 is 11.8 Å². The first-order valence-electron chi connectivity index (χ1n) is 7.06. The van der Waals surface area contributed by atoms with Gasteiger partial charge in [-0.2, -0.15) is 5.26 Å². The summed E-state index contributed by atoms with van der Waals surface area (Å²) in [5, 5.41) is 10.3. The highest BCUT2D eigenvalue weighted by Gasteiger charge is 2.23. The summed E-state index contributed by atoms with van der Waals surface area (Å²) in [6.07, 6.45) is 2.14. The predicted molar refractivity (Wildman–Crippen MR) is 86.6 cm³/mol. The molecule has 3 heteroatoms. The van der Waals surface area contributed by atoms with Crippen molar-refractivity contribution >= 4 is 22.7 Å². The molecule has 0 N–H and O–H groups in total. The van der Waals surface area contributed by atoms with Crippen LogP contribution in [0.3, 0.4) is 0 Å². The van der Waals surface area contributed by atoms with Gasteiger partial charge in [0.2, 0.25) is 0 Å². The van der Waals surface area contributed by atoms with E-state index < -0.39 is 0 Å². The molecular formula is C18H14N2S. The van der Waals surface area contributed by atoms with Gasteiger partial charge >= 0.3 is 0 Å². The number of thioether (sulfide) groups is 1. The summed E-state index contributed by atoms with van der Waals surface area (Å²) < 4.78 is 2.28. The molecule has 0 fully saturated rings. The van der Waals surface area contributed by atoms with Crippen LogP contribution in [0.5, 0.6) is 0 Å². The SMILES string of the molecule is N#Cc1ccc2ccn(CC3CSc4ccccc43)c2c1. The van der Waals surface area contributed by atoms with Gasteiger partial charge in [0, 0.05) is 34.8 Å². The van der Waals surface area contributed by atoms with E-state index in [0.29, 0.717) is 5.92 Å². The normalized spacial score (nSPS) is 16.8. The molecule has 0 spiro atoms. The summed E-state index contributed by atoms with van der Waals surface area (Å²) in [5.74, 6) is 1.68. The molecule has 2 heterocycles. The van der Waals surface area contributed by atoms with Gasteiger partial charge in [0.25, 0.3) is 0 Å². The van der Waals surface area contributed by atoms with Gasteiger partial charge < -0.3 is 4.57 Å². The van der Waals surface area contributed by atoms with Crippen molar-refractivity contribution in [3.05, 3.63) is 65.9 Å². The molecule has 0 saturated heterocycles. The zero-order valence-corrected chi connectivity index (χ0v) is 12.3. The van der Waals surface area contributed by atoms with E-state index in [1.807, 2.05) is 30.0 Å². The van der Waals surface area contributed by atoms with Gasteiger partial charge in [-0.1, -0.05) is 24.3 Å². The van der Waals surface area contributed by atoms with Crippen molar-refractivity contribution in [1.82, 2.24) is 4.57 Å². The van der Waals surface area contributed by atoms with Crippen molar-refractivity contribution in [1.29, 1.82) is 5.26 Å². The van der Waals surface area contributed by atoms with Gasteiger partial charge in [0.05, 0.1) is 11.6 Å². The number of hydrogen-bond donors (Lipinski definition) is 0. The van der Waals surface area contributed by atoms with Crippen LogP contribution in [0.4, 0.5) is 0 Å². The number of benzene rings is 2. The van der Waals surface area contributed by atoms with Crippen molar-refractivity contribution < 1.29 is 0 Å². The van der Waals surface area contributed by atoms with Crippen LogP contribution in [0.25, 0.3) is 10.9 Å². The molecule has 3 aromatic rings. The molecule has 1 aromatic heterocycles. The standard InChI is InChI=1S/C18H14N2S/c19-10-13-5-6-14-7-8-20(17(14)9-13)11-15-12-21-18-4-2-1-3-16(15)18/h1-9,15H,11-12H2. The first-order chi connectivity index (χ1) is 10.3. The van der Waals surface area contributed by atoms with Crippen LogP contribution in [0, 0.1) is 11.3 Å². The Labute approximate surface area is 128 Å². The fourth-order valence-electron chi connectivity index (χ4n) is 3.03. The van der Waals surface area contributed by atoms with Crippen LogP contribution in [-0.2, 0) is 6.54 Å². The minimum absolute atomic E-state index is 0.549. The molecule has 2 nitrogen and oxygen atoms in total. The van der Waals surface area contributed by atoms with Gasteiger partial charge in [-0.15, -0.1) is 11.8 Å². The smallest absolute Gasteiger partial charge is 0.0992 e. The third kappa shape index (κ3) is 2.12. The van der Waals surface area contributed by atoms with Crippen molar-refractivity contribution in [2.24, 2.45) is 0 Å². The van der Waals surface area contributed by atoms with Crippen LogP contribution in [0.1, 0.15) is 17.0 Å². The van der Waals surface area contributed by atoms with E-state index in [2.05, 4.69) is 47.2 Å². The number of hydrogen-bond acceptors (Lipinski definition) is 2. The van der Waals surface area contributed by atoms with Gasteiger partial charge in [-0.25, -0.2) is 0 Å². The zero-order valence-electron chi connectivity index (χ0n) is 11.5. The number of fused-ring (bicyclic) bond motifs is 2. The molecule has 1 atom stereocenters. The van der Waals surface area contributed by atoms with Crippen LogP contribution in [0.15, 0.2) is 59.6 Å². The fraction of sp³-hybridized carbons (Fsp3) is 0.167. The monoisotopic (exact) mass is 290 g/mol. The number of aromatic nitrogens is 1. The highest BCUT2D eigenvalue weighted by molar-refractivity contribution is 7.99. The maximum atomic E-state index is 9.08. The van der Waals surface area contributed by atoms with Gasteiger partial charge in [-0.05, 0) is 35.2 Å². The highest BCUT2D eigenvalue weighted by Crippen LogP contribution is 2.40. The molecule has 0 radical (unpaired) electrons. The molecule has 0 aliphatic carbocycles. The largest absolute Gasteiger partial charge is 0.347 e. The molecule has 102 valence electrons. The van der Waals surface area contributed by atoms with Crippen LogP contribution < -0.4 is 0 Å². The average Bonchev–Trinajstić information content (AvgIpc) is 3.12. The molecule has 21 heavy (non-hydrogen) atoms. The van der Waals surface area contributed by atoms with Crippen molar-refractivity contribution in [2.45, 2.75) is 17.4 Å². The molecule has 1 unspecified atom stereocenters.